The summed E-state index contributed by atoms with van der Waals surface area (Å²) in [6, 6.07) is 5.95. The molecule has 0 aliphatic rings. The second-order valence-corrected chi connectivity index (χ2v) is 5.45. The van der Waals surface area contributed by atoms with Crippen molar-refractivity contribution in [3.8, 4) is 5.75 Å². The summed E-state index contributed by atoms with van der Waals surface area (Å²) in [5.41, 5.74) is 1.21. The van der Waals surface area contributed by atoms with E-state index in [1.165, 1.54) is 5.56 Å². The van der Waals surface area contributed by atoms with Gasteiger partial charge in [0.15, 0.2) is 0 Å². The van der Waals surface area contributed by atoms with E-state index in [0.717, 1.165) is 16.5 Å². The summed E-state index contributed by atoms with van der Waals surface area (Å²) in [6.07, 6.45) is 1.85. The van der Waals surface area contributed by atoms with E-state index in [1.807, 2.05) is 18.3 Å². The molecule has 0 saturated heterocycles. The highest BCUT2D eigenvalue weighted by Gasteiger charge is 2.19. The topological polar surface area (TPSA) is 22.1 Å². The highest BCUT2D eigenvalue weighted by molar-refractivity contribution is 6.35. The van der Waals surface area contributed by atoms with Crippen LogP contribution >= 0.6 is 11.6 Å². The van der Waals surface area contributed by atoms with Crippen molar-refractivity contribution in [1.82, 2.24) is 4.98 Å². The SMILES string of the molecule is COc1cccc2c(C(C)(C)C)cnc(Cl)c12. The highest BCUT2D eigenvalue weighted by Crippen LogP contribution is 2.36. The average Bonchev–Trinajstić information content (AvgIpc) is 2.27. The predicted octanol–water partition coefficient (Wildman–Crippen LogP) is 4.19. The maximum Gasteiger partial charge on any atom is 0.140 e. The number of methoxy groups -OCH3 is 1. The molecule has 1 aromatic carbocycles. The van der Waals surface area contributed by atoms with Gasteiger partial charge in [0, 0.05) is 6.20 Å². The first-order valence-corrected chi connectivity index (χ1v) is 5.94. The van der Waals surface area contributed by atoms with Crippen LogP contribution in [0.1, 0.15) is 26.3 Å². The van der Waals surface area contributed by atoms with E-state index in [-0.39, 0.29) is 5.41 Å². The molecule has 0 N–H and O–H groups in total. The van der Waals surface area contributed by atoms with Crippen LogP contribution in [0.2, 0.25) is 5.15 Å². The molecule has 2 rings (SSSR count). The Morgan fingerprint density at radius 2 is 1.94 bits per heavy atom. The molecular weight excluding hydrogens is 234 g/mol. The van der Waals surface area contributed by atoms with Gasteiger partial charge in [0.2, 0.25) is 0 Å². The molecule has 0 spiro atoms. The van der Waals surface area contributed by atoms with E-state index >= 15 is 0 Å². The van der Waals surface area contributed by atoms with Crippen LogP contribution in [0, 0.1) is 0 Å². The van der Waals surface area contributed by atoms with E-state index in [9.17, 15) is 0 Å². The van der Waals surface area contributed by atoms with Gasteiger partial charge < -0.3 is 4.74 Å². The molecule has 0 aliphatic carbocycles. The van der Waals surface area contributed by atoms with Crippen LogP contribution in [0.3, 0.4) is 0 Å². The Bertz CT molecular complexity index is 558. The summed E-state index contributed by atoms with van der Waals surface area (Å²) < 4.78 is 5.35. The van der Waals surface area contributed by atoms with Crippen LogP contribution in [0.4, 0.5) is 0 Å². The third kappa shape index (κ3) is 2.09. The molecule has 90 valence electrons. The Morgan fingerprint density at radius 3 is 2.53 bits per heavy atom. The number of hydrogen-bond acceptors (Lipinski definition) is 2. The van der Waals surface area contributed by atoms with Crippen molar-refractivity contribution in [3.05, 3.63) is 35.1 Å². The van der Waals surface area contributed by atoms with Crippen molar-refractivity contribution in [2.75, 3.05) is 7.11 Å². The van der Waals surface area contributed by atoms with Crippen LogP contribution in [0.15, 0.2) is 24.4 Å². The summed E-state index contributed by atoms with van der Waals surface area (Å²) >= 11 is 6.17. The molecule has 1 aromatic heterocycles. The Hall–Kier alpha value is -1.28. The van der Waals surface area contributed by atoms with Gasteiger partial charge in [0.25, 0.3) is 0 Å². The molecule has 0 bridgehead atoms. The second-order valence-electron chi connectivity index (χ2n) is 5.10. The molecule has 0 fully saturated rings. The number of aromatic nitrogens is 1. The summed E-state index contributed by atoms with van der Waals surface area (Å²) in [7, 11) is 1.65. The molecule has 0 radical (unpaired) electrons. The minimum Gasteiger partial charge on any atom is -0.496 e. The number of nitrogens with zero attached hydrogens (tertiary/aromatic N) is 1. The van der Waals surface area contributed by atoms with Gasteiger partial charge in [-0.1, -0.05) is 44.5 Å². The fourth-order valence-corrected chi connectivity index (χ4v) is 2.24. The zero-order valence-electron chi connectivity index (χ0n) is 10.5. The fraction of sp³-hybridized carbons (Fsp3) is 0.357. The zero-order chi connectivity index (χ0) is 12.6. The number of halogens is 1. The first kappa shape index (κ1) is 12.2. The smallest absolute Gasteiger partial charge is 0.140 e. The third-order valence-electron chi connectivity index (χ3n) is 2.86. The van der Waals surface area contributed by atoms with Gasteiger partial charge in [0.1, 0.15) is 10.9 Å². The van der Waals surface area contributed by atoms with Crippen molar-refractivity contribution in [2.45, 2.75) is 26.2 Å². The van der Waals surface area contributed by atoms with E-state index < -0.39 is 0 Å². The standard InChI is InChI=1S/C14H16ClNO/c1-14(2,3)10-8-16-13(15)12-9(10)6-5-7-11(12)17-4/h5-8H,1-4H3. The van der Waals surface area contributed by atoms with Crippen LogP contribution in [0.25, 0.3) is 10.8 Å². The fourth-order valence-electron chi connectivity index (χ4n) is 1.99. The number of ether oxygens (including phenoxy) is 1. The highest BCUT2D eigenvalue weighted by atomic mass is 35.5. The lowest BCUT2D eigenvalue weighted by molar-refractivity contribution is 0.419. The largest absolute Gasteiger partial charge is 0.496 e. The summed E-state index contributed by atoms with van der Waals surface area (Å²) in [5, 5.41) is 2.49. The normalized spacial score (nSPS) is 11.8. The Morgan fingerprint density at radius 1 is 1.24 bits per heavy atom. The third-order valence-corrected chi connectivity index (χ3v) is 3.14. The minimum atomic E-state index is 0.0300. The Kier molecular flexibility index (Phi) is 3.00. The second kappa shape index (κ2) is 4.19. The summed E-state index contributed by atoms with van der Waals surface area (Å²) in [4.78, 5) is 4.27. The number of hydrogen-bond donors (Lipinski definition) is 0. The molecule has 0 aliphatic heterocycles. The van der Waals surface area contributed by atoms with Gasteiger partial charge in [-0.3, -0.25) is 0 Å². The zero-order valence-corrected chi connectivity index (χ0v) is 11.3. The molecule has 1 heterocycles. The van der Waals surface area contributed by atoms with Gasteiger partial charge in [0.05, 0.1) is 12.5 Å². The van der Waals surface area contributed by atoms with Crippen molar-refractivity contribution < 1.29 is 4.74 Å². The van der Waals surface area contributed by atoms with Crippen molar-refractivity contribution in [3.63, 3.8) is 0 Å². The first-order valence-electron chi connectivity index (χ1n) is 5.57. The molecule has 0 atom stereocenters. The maximum absolute atomic E-state index is 6.17. The molecule has 2 aromatic rings. The molecular formula is C14H16ClNO. The summed E-state index contributed by atoms with van der Waals surface area (Å²) in [5.74, 6) is 0.770. The lowest BCUT2D eigenvalue weighted by Crippen LogP contribution is -2.12. The van der Waals surface area contributed by atoms with E-state index in [0.29, 0.717) is 5.15 Å². The number of fused-ring (bicyclic) bond motifs is 1. The first-order chi connectivity index (χ1) is 7.95. The number of pyridine rings is 1. The molecule has 3 heteroatoms. The Balaban J connectivity index is 2.88. The Labute approximate surface area is 107 Å². The quantitative estimate of drug-likeness (QED) is 0.707. The van der Waals surface area contributed by atoms with Gasteiger partial charge in [-0.15, -0.1) is 0 Å². The minimum absolute atomic E-state index is 0.0300. The van der Waals surface area contributed by atoms with Crippen LogP contribution in [-0.2, 0) is 5.41 Å². The van der Waals surface area contributed by atoms with Gasteiger partial charge in [-0.25, -0.2) is 4.98 Å². The van der Waals surface area contributed by atoms with Crippen molar-refractivity contribution in [2.24, 2.45) is 0 Å². The molecule has 0 unspecified atom stereocenters. The molecule has 2 nitrogen and oxygen atoms in total. The lowest BCUT2D eigenvalue weighted by atomic mass is 9.85. The maximum atomic E-state index is 6.17. The predicted molar refractivity (Wildman–Crippen MR) is 72.0 cm³/mol. The van der Waals surface area contributed by atoms with E-state index in [2.05, 4.69) is 31.8 Å². The summed E-state index contributed by atoms with van der Waals surface area (Å²) in [6.45, 7) is 6.49. The lowest BCUT2D eigenvalue weighted by Gasteiger charge is -2.21. The molecule has 17 heavy (non-hydrogen) atoms. The van der Waals surface area contributed by atoms with Crippen molar-refractivity contribution >= 4 is 22.4 Å². The molecule has 0 saturated carbocycles. The van der Waals surface area contributed by atoms with Crippen LogP contribution < -0.4 is 4.74 Å². The van der Waals surface area contributed by atoms with Gasteiger partial charge in [-0.2, -0.15) is 0 Å². The number of benzene rings is 1. The monoisotopic (exact) mass is 249 g/mol. The van der Waals surface area contributed by atoms with Crippen molar-refractivity contribution in [1.29, 1.82) is 0 Å². The number of rotatable bonds is 1. The molecule has 0 amide bonds. The average molecular weight is 250 g/mol. The van der Waals surface area contributed by atoms with Gasteiger partial charge >= 0.3 is 0 Å². The van der Waals surface area contributed by atoms with E-state index in [1.54, 1.807) is 7.11 Å². The van der Waals surface area contributed by atoms with Crippen LogP contribution in [0.5, 0.6) is 5.75 Å². The van der Waals surface area contributed by atoms with Crippen LogP contribution in [-0.4, -0.2) is 12.1 Å². The van der Waals surface area contributed by atoms with Gasteiger partial charge in [-0.05, 0) is 22.4 Å². The van der Waals surface area contributed by atoms with E-state index in [4.69, 9.17) is 16.3 Å².